The van der Waals surface area contributed by atoms with Gasteiger partial charge < -0.3 is 4.90 Å². The van der Waals surface area contributed by atoms with Crippen LogP contribution in [0.4, 0.5) is 5.82 Å². The fraction of sp³-hybridized carbons (Fsp3) is 0.364. The van der Waals surface area contributed by atoms with Crippen molar-refractivity contribution < 1.29 is 0 Å². The summed E-state index contributed by atoms with van der Waals surface area (Å²) >= 11 is 0. The van der Waals surface area contributed by atoms with Gasteiger partial charge in [0.1, 0.15) is 5.82 Å². The summed E-state index contributed by atoms with van der Waals surface area (Å²) in [5.74, 6) is 1.77. The second kappa shape index (κ2) is 7.83. The number of hydrogen-bond acceptors (Lipinski definition) is 4. The molecule has 134 valence electrons. The van der Waals surface area contributed by atoms with Crippen LogP contribution >= 0.6 is 0 Å². The second-order valence-corrected chi connectivity index (χ2v) is 7.32. The molecule has 2 aromatic heterocycles. The number of anilines is 1. The zero-order valence-electron chi connectivity index (χ0n) is 15.4. The summed E-state index contributed by atoms with van der Waals surface area (Å²) in [5, 5.41) is 2.34. The molecule has 4 nitrogen and oxygen atoms in total. The van der Waals surface area contributed by atoms with Gasteiger partial charge in [0.25, 0.3) is 0 Å². The van der Waals surface area contributed by atoms with E-state index >= 15 is 0 Å². The quantitative estimate of drug-likeness (QED) is 0.699. The highest BCUT2D eigenvalue weighted by atomic mass is 15.2. The molecule has 3 aromatic rings. The minimum Gasteiger partial charge on any atom is -0.359 e. The fourth-order valence-corrected chi connectivity index (χ4v) is 3.94. The van der Waals surface area contributed by atoms with E-state index in [2.05, 4.69) is 69.3 Å². The van der Waals surface area contributed by atoms with Gasteiger partial charge in [-0.25, -0.2) is 4.98 Å². The molecule has 26 heavy (non-hydrogen) atoms. The van der Waals surface area contributed by atoms with E-state index < -0.39 is 0 Å². The first-order chi connectivity index (χ1) is 12.8. The van der Waals surface area contributed by atoms with Gasteiger partial charge in [0.05, 0.1) is 0 Å². The maximum Gasteiger partial charge on any atom is 0.137 e. The van der Waals surface area contributed by atoms with E-state index in [9.17, 15) is 0 Å². The lowest BCUT2D eigenvalue weighted by Crippen LogP contribution is -2.37. The van der Waals surface area contributed by atoms with Crippen molar-refractivity contribution in [1.29, 1.82) is 0 Å². The molecule has 4 heteroatoms. The number of nitrogens with zero attached hydrogens (tertiary/aromatic N) is 4. The molecule has 0 aliphatic carbocycles. The first-order valence-corrected chi connectivity index (χ1v) is 9.46. The van der Waals surface area contributed by atoms with Crippen LogP contribution in [0.1, 0.15) is 18.4 Å². The Bertz CT molecular complexity index is 836. The van der Waals surface area contributed by atoms with E-state index in [1.54, 1.807) is 0 Å². The largest absolute Gasteiger partial charge is 0.359 e. The molecule has 1 saturated heterocycles. The summed E-state index contributed by atoms with van der Waals surface area (Å²) in [6, 6.07) is 14.9. The number of piperidine rings is 1. The molecular weight excluding hydrogens is 320 g/mol. The molecule has 3 heterocycles. The van der Waals surface area contributed by atoms with Crippen LogP contribution in [0.15, 0.2) is 61.1 Å². The Morgan fingerprint density at radius 3 is 2.62 bits per heavy atom. The van der Waals surface area contributed by atoms with Gasteiger partial charge in [-0.1, -0.05) is 30.3 Å². The van der Waals surface area contributed by atoms with Gasteiger partial charge in [0, 0.05) is 44.1 Å². The van der Waals surface area contributed by atoms with Crippen LogP contribution in [0.5, 0.6) is 0 Å². The highest BCUT2D eigenvalue weighted by Gasteiger charge is 2.21. The Hall–Kier alpha value is -2.46. The average Bonchev–Trinajstić information content (AvgIpc) is 2.70. The topological polar surface area (TPSA) is 32.3 Å². The Labute approximate surface area is 155 Å². The molecule has 0 unspecified atom stereocenters. The third-order valence-electron chi connectivity index (χ3n) is 5.40. The number of pyridine rings is 2. The molecule has 0 radical (unpaired) electrons. The van der Waals surface area contributed by atoms with E-state index in [4.69, 9.17) is 0 Å². The summed E-state index contributed by atoms with van der Waals surface area (Å²) in [6.45, 7) is 4.48. The Morgan fingerprint density at radius 1 is 1.04 bits per heavy atom. The van der Waals surface area contributed by atoms with Gasteiger partial charge in [-0.05, 0) is 54.9 Å². The molecule has 1 fully saturated rings. The standard InChI is InChI=1S/C22H26N4/c1-25(22-21-15-23-11-7-20(21)8-12-24-22)16-19-9-13-26(14-10-19)17-18-5-3-2-4-6-18/h2-8,11-12,15,19H,9-10,13-14,16-17H2,1H3. The number of fused-ring (bicyclic) bond motifs is 1. The monoisotopic (exact) mass is 346 g/mol. The van der Waals surface area contributed by atoms with E-state index in [-0.39, 0.29) is 0 Å². The molecule has 1 aromatic carbocycles. The lowest BCUT2D eigenvalue weighted by Gasteiger charge is -2.34. The number of likely N-dealkylation sites (tertiary alicyclic amines) is 1. The lowest BCUT2D eigenvalue weighted by atomic mass is 9.96. The maximum atomic E-state index is 4.62. The molecule has 4 rings (SSSR count). The van der Waals surface area contributed by atoms with Gasteiger partial charge in [-0.2, -0.15) is 0 Å². The van der Waals surface area contributed by atoms with Crippen molar-refractivity contribution in [3.05, 3.63) is 66.6 Å². The lowest BCUT2D eigenvalue weighted by molar-refractivity contribution is 0.179. The summed E-state index contributed by atoms with van der Waals surface area (Å²) in [4.78, 5) is 13.8. The van der Waals surface area contributed by atoms with Crippen molar-refractivity contribution in [1.82, 2.24) is 14.9 Å². The number of rotatable bonds is 5. The molecular formula is C22H26N4. The molecule has 0 amide bonds. The van der Waals surface area contributed by atoms with Gasteiger partial charge in [-0.3, -0.25) is 9.88 Å². The minimum absolute atomic E-state index is 0.723. The van der Waals surface area contributed by atoms with Crippen LogP contribution in [0, 0.1) is 5.92 Å². The fourth-order valence-electron chi connectivity index (χ4n) is 3.94. The summed E-state index contributed by atoms with van der Waals surface area (Å²) in [6.07, 6.45) is 8.17. The van der Waals surface area contributed by atoms with Gasteiger partial charge >= 0.3 is 0 Å². The van der Waals surface area contributed by atoms with Gasteiger partial charge in [-0.15, -0.1) is 0 Å². The van der Waals surface area contributed by atoms with E-state index in [0.717, 1.165) is 30.2 Å². The molecule has 1 aliphatic rings. The first kappa shape index (κ1) is 17.0. The third kappa shape index (κ3) is 3.86. The normalized spacial score (nSPS) is 16.0. The smallest absolute Gasteiger partial charge is 0.137 e. The van der Waals surface area contributed by atoms with Crippen LogP contribution in [-0.2, 0) is 6.54 Å². The van der Waals surface area contributed by atoms with Gasteiger partial charge in [0.2, 0.25) is 0 Å². The molecule has 1 aliphatic heterocycles. The number of aromatic nitrogens is 2. The number of hydrogen-bond donors (Lipinski definition) is 0. The minimum atomic E-state index is 0.723. The Morgan fingerprint density at radius 2 is 1.81 bits per heavy atom. The molecule has 0 bridgehead atoms. The Balaban J connectivity index is 1.35. The van der Waals surface area contributed by atoms with Gasteiger partial charge in [0.15, 0.2) is 0 Å². The van der Waals surface area contributed by atoms with Crippen LogP contribution in [-0.4, -0.2) is 41.5 Å². The van der Waals surface area contributed by atoms with Crippen molar-refractivity contribution in [2.45, 2.75) is 19.4 Å². The summed E-state index contributed by atoms with van der Waals surface area (Å²) < 4.78 is 0. The molecule has 0 atom stereocenters. The number of benzene rings is 1. The van der Waals surface area contributed by atoms with E-state index in [0.29, 0.717) is 0 Å². The van der Waals surface area contributed by atoms with Crippen LogP contribution in [0.3, 0.4) is 0 Å². The van der Waals surface area contributed by atoms with E-state index in [1.807, 2.05) is 18.6 Å². The van der Waals surface area contributed by atoms with Crippen molar-refractivity contribution in [3.8, 4) is 0 Å². The van der Waals surface area contributed by atoms with E-state index in [1.165, 1.54) is 36.9 Å². The molecule has 0 spiro atoms. The molecule has 0 N–H and O–H groups in total. The third-order valence-corrected chi connectivity index (χ3v) is 5.40. The van der Waals surface area contributed by atoms with Crippen molar-refractivity contribution in [2.24, 2.45) is 5.92 Å². The van der Waals surface area contributed by atoms with Crippen LogP contribution < -0.4 is 4.90 Å². The zero-order valence-corrected chi connectivity index (χ0v) is 15.4. The zero-order chi connectivity index (χ0) is 17.8. The summed E-state index contributed by atoms with van der Waals surface area (Å²) in [5.41, 5.74) is 1.41. The Kier molecular flexibility index (Phi) is 5.12. The van der Waals surface area contributed by atoms with Crippen LogP contribution in [0.25, 0.3) is 10.8 Å². The van der Waals surface area contributed by atoms with Crippen molar-refractivity contribution in [2.75, 3.05) is 31.6 Å². The van der Waals surface area contributed by atoms with Crippen molar-refractivity contribution >= 4 is 16.6 Å². The summed E-state index contributed by atoms with van der Waals surface area (Å²) in [7, 11) is 2.16. The predicted octanol–water partition coefficient (Wildman–Crippen LogP) is 3.98. The van der Waals surface area contributed by atoms with Crippen LogP contribution in [0.2, 0.25) is 0 Å². The average molecular weight is 346 g/mol. The predicted molar refractivity (Wildman–Crippen MR) is 107 cm³/mol. The first-order valence-electron chi connectivity index (χ1n) is 9.46. The highest BCUT2D eigenvalue weighted by molar-refractivity contribution is 5.91. The maximum absolute atomic E-state index is 4.62. The van der Waals surface area contributed by atoms with Crippen molar-refractivity contribution in [3.63, 3.8) is 0 Å². The SMILES string of the molecule is CN(CC1CCN(Cc2ccccc2)CC1)c1nccc2ccncc12. The molecule has 0 saturated carbocycles. The highest BCUT2D eigenvalue weighted by Crippen LogP contribution is 2.25. The second-order valence-electron chi connectivity index (χ2n) is 7.32.